The number of carbonyl (C=O) groups excluding carboxylic acids is 2. The zero-order valence-corrected chi connectivity index (χ0v) is 16.9. The molecule has 1 unspecified atom stereocenters. The van der Waals surface area contributed by atoms with Crippen LogP contribution in [0.1, 0.15) is 51.6 Å². The number of hydrogen-bond acceptors (Lipinski definition) is 3. The number of ketones is 1. The minimum Gasteiger partial charge on any atom is -0.549 e. The van der Waals surface area contributed by atoms with Gasteiger partial charge >= 0.3 is 51.4 Å². The molecular weight excluding hydrogens is 317 g/mol. The second kappa shape index (κ2) is 7.45. The van der Waals surface area contributed by atoms with Crippen LogP contribution in [0.3, 0.4) is 0 Å². The van der Waals surface area contributed by atoms with Crippen molar-refractivity contribution in [2.45, 2.75) is 39.2 Å². The fourth-order valence-electron chi connectivity index (χ4n) is 3.34. The van der Waals surface area contributed by atoms with Crippen LogP contribution in [0.25, 0.3) is 0 Å². The van der Waals surface area contributed by atoms with Crippen LogP contribution in [0.4, 0.5) is 0 Å². The Morgan fingerprint density at radius 1 is 1.17 bits per heavy atom. The Hall–Kier alpha value is -0.724. The van der Waals surface area contributed by atoms with E-state index < -0.39 is 11.9 Å². The van der Waals surface area contributed by atoms with Crippen LogP contribution in [-0.4, -0.2) is 16.3 Å². The molecule has 0 saturated carbocycles. The van der Waals surface area contributed by atoms with E-state index in [1.165, 1.54) is 0 Å². The van der Waals surface area contributed by atoms with Gasteiger partial charge in [-0.15, -0.1) is 0 Å². The molecule has 0 N–H and O–H groups in total. The summed E-state index contributed by atoms with van der Waals surface area (Å²) in [6.45, 7) is 4.45. The number of aromatic nitrogens is 1. The second-order valence-corrected chi connectivity index (χ2v) is 5.91. The van der Waals surface area contributed by atoms with Gasteiger partial charge in [0.1, 0.15) is 0 Å². The molecule has 0 radical (unpaired) electrons. The minimum absolute atomic E-state index is 0. The van der Waals surface area contributed by atoms with E-state index in [1.54, 1.807) is 0 Å². The summed E-state index contributed by atoms with van der Waals surface area (Å²) in [5.41, 5.74) is 3.73. The number of carboxylic acids is 1. The van der Waals surface area contributed by atoms with Crippen molar-refractivity contribution in [1.29, 1.82) is 0 Å². The Labute approximate surface area is 178 Å². The Morgan fingerprint density at radius 2 is 1.87 bits per heavy atom. The summed E-state index contributed by atoms with van der Waals surface area (Å²) in [5, 5.41) is 11.3. The van der Waals surface area contributed by atoms with E-state index in [-0.39, 0.29) is 57.2 Å². The summed E-state index contributed by atoms with van der Waals surface area (Å²) >= 11 is 0. The Kier molecular flexibility index (Phi) is 6.03. The van der Waals surface area contributed by atoms with Crippen molar-refractivity contribution in [3.8, 4) is 0 Å². The van der Waals surface area contributed by atoms with E-state index in [1.807, 2.05) is 48.7 Å². The number of fused-ring (bicyclic) bond motifs is 1. The first kappa shape index (κ1) is 18.6. The molecule has 0 amide bonds. The quantitative estimate of drug-likeness (QED) is 0.532. The number of benzene rings is 1. The van der Waals surface area contributed by atoms with Crippen molar-refractivity contribution >= 4 is 11.8 Å². The third-order valence-electron chi connectivity index (χ3n) is 4.44. The number of nitrogens with zero attached hydrogens (tertiary/aromatic N) is 1. The van der Waals surface area contributed by atoms with Crippen LogP contribution in [0.2, 0.25) is 0 Å². The molecule has 0 saturated heterocycles. The van der Waals surface area contributed by atoms with E-state index in [2.05, 4.69) is 0 Å². The van der Waals surface area contributed by atoms with Gasteiger partial charge in [-0.1, -0.05) is 24.3 Å². The monoisotopic (exact) mass is 335 g/mol. The fraction of sp³-hybridized carbons (Fsp3) is 0.333. The molecule has 2 aromatic rings. The van der Waals surface area contributed by atoms with Crippen molar-refractivity contribution in [3.05, 3.63) is 58.4 Å². The fourth-order valence-corrected chi connectivity index (χ4v) is 3.34. The van der Waals surface area contributed by atoms with Crippen LogP contribution < -0.4 is 56.5 Å². The summed E-state index contributed by atoms with van der Waals surface area (Å²) in [6, 6.07) is 9.30. The number of carbonyl (C=O) groups is 2. The average Bonchev–Trinajstić information content (AvgIpc) is 2.82. The van der Waals surface area contributed by atoms with Gasteiger partial charge in [-0.2, -0.15) is 0 Å². The molecule has 1 aliphatic rings. The molecular formula is C18H18KNO3. The molecule has 0 fully saturated rings. The van der Waals surface area contributed by atoms with Crippen molar-refractivity contribution in [2.24, 2.45) is 0 Å². The largest absolute Gasteiger partial charge is 1.00 e. The van der Waals surface area contributed by atoms with E-state index in [4.69, 9.17) is 0 Å². The number of carboxylic acid groups (broad SMARTS) is 1. The SMILES string of the molecule is Cc1ccccc1C(=O)c1c(C)cc2n1CCCC2C(=O)[O-].[K+]. The first-order chi connectivity index (χ1) is 10.5. The number of hydrogen-bond donors (Lipinski definition) is 0. The summed E-state index contributed by atoms with van der Waals surface area (Å²) in [7, 11) is 0. The van der Waals surface area contributed by atoms with Crippen molar-refractivity contribution < 1.29 is 66.1 Å². The van der Waals surface area contributed by atoms with Crippen molar-refractivity contribution in [3.63, 3.8) is 0 Å². The van der Waals surface area contributed by atoms with Crippen LogP contribution in [0.5, 0.6) is 0 Å². The van der Waals surface area contributed by atoms with Crippen LogP contribution in [0.15, 0.2) is 30.3 Å². The normalized spacial score (nSPS) is 16.3. The molecule has 0 aliphatic carbocycles. The van der Waals surface area contributed by atoms with Gasteiger partial charge in [-0.25, -0.2) is 0 Å². The van der Waals surface area contributed by atoms with Gasteiger partial charge in [-0.05, 0) is 43.9 Å². The molecule has 1 aromatic heterocycles. The van der Waals surface area contributed by atoms with Gasteiger partial charge in [0, 0.05) is 23.7 Å². The van der Waals surface area contributed by atoms with Gasteiger partial charge in [-0.3, -0.25) is 4.79 Å². The standard InChI is InChI=1S/C18H19NO3.K/c1-11-6-3-4-7-13(11)17(20)16-12(2)10-15-14(18(21)22)8-5-9-19(15)16;/h3-4,6-7,10,14H,5,8-9H2,1-2H3,(H,21,22);/q;+1/p-1. The van der Waals surface area contributed by atoms with Crippen molar-refractivity contribution in [2.75, 3.05) is 0 Å². The maximum atomic E-state index is 12.9. The number of rotatable bonds is 3. The van der Waals surface area contributed by atoms with E-state index >= 15 is 0 Å². The Morgan fingerprint density at radius 3 is 2.52 bits per heavy atom. The number of aryl methyl sites for hydroxylation is 2. The van der Waals surface area contributed by atoms with E-state index in [0.717, 1.165) is 17.5 Å². The molecule has 114 valence electrons. The third kappa shape index (κ3) is 3.39. The molecule has 23 heavy (non-hydrogen) atoms. The maximum absolute atomic E-state index is 12.9. The Balaban J connectivity index is 0.00000192. The smallest absolute Gasteiger partial charge is 0.549 e. The molecule has 1 aliphatic heterocycles. The first-order valence-electron chi connectivity index (χ1n) is 7.52. The predicted octanol–water partition coefficient (Wildman–Crippen LogP) is -1.03. The zero-order chi connectivity index (χ0) is 15.9. The first-order valence-corrected chi connectivity index (χ1v) is 7.52. The molecule has 0 spiro atoms. The zero-order valence-electron chi connectivity index (χ0n) is 13.8. The van der Waals surface area contributed by atoms with Crippen LogP contribution in [0, 0.1) is 13.8 Å². The van der Waals surface area contributed by atoms with Gasteiger partial charge in [0.25, 0.3) is 0 Å². The average molecular weight is 335 g/mol. The van der Waals surface area contributed by atoms with Crippen molar-refractivity contribution in [1.82, 2.24) is 4.57 Å². The molecule has 2 heterocycles. The molecule has 1 atom stereocenters. The third-order valence-corrected chi connectivity index (χ3v) is 4.44. The van der Waals surface area contributed by atoms with Gasteiger partial charge < -0.3 is 14.5 Å². The van der Waals surface area contributed by atoms with Gasteiger partial charge in [0.15, 0.2) is 0 Å². The van der Waals surface area contributed by atoms with Gasteiger partial charge in [0.05, 0.1) is 11.7 Å². The Bertz CT molecular complexity index is 764. The summed E-state index contributed by atoms with van der Waals surface area (Å²) in [5.74, 6) is -1.72. The maximum Gasteiger partial charge on any atom is 1.00 e. The van der Waals surface area contributed by atoms with E-state index in [9.17, 15) is 14.7 Å². The van der Waals surface area contributed by atoms with Crippen LogP contribution >= 0.6 is 0 Å². The molecule has 1 aromatic carbocycles. The van der Waals surface area contributed by atoms with Crippen LogP contribution in [-0.2, 0) is 11.3 Å². The topological polar surface area (TPSA) is 62.1 Å². The molecule has 4 nitrogen and oxygen atoms in total. The predicted molar refractivity (Wildman–Crippen MR) is 80.8 cm³/mol. The summed E-state index contributed by atoms with van der Waals surface area (Å²) in [4.78, 5) is 24.2. The van der Waals surface area contributed by atoms with Gasteiger partial charge in [0.2, 0.25) is 5.78 Å². The summed E-state index contributed by atoms with van der Waals surface area (Å²) in [6.07, 6.45) is 1.32. The number of aliphatic carboxylic acids is 1. The molecule has 3 rings (SSSR count). The molecule has 5 heteroatoms. The second-order valence-electron chi connectivity index (χ2n) is 5.91. The van der Waals surface area contributed by atoms with E-state index in [0.29, 0.717) is 29.9 Å². The minimum atomic E-state index is -1.06. The summed E-state index contributed by atoms with van der Waals surface area (Å²) < 4.78 is 1.87. The molecule has 0 bridgehead atoms.